The van der Waals surface area contributed by atoms with E-state index in [9.17, 15) is 5.11 Å². The molecule has 3 rings (SSSR count). The van der Waals surface area contributed by atoms with Crippen molar-refractivity contribution in [3.63, 3.8) is 0 Å². The molecule has 0 spiro atoms. The van der Waals surface area contributed by atoms with E-state index < -0.39 is 0 Å². The summed E-state index contributed by atoms with van der Waals surface area (Å²) >= 11 is 0. The predicted molar refractivity (Wildman–Crippen MR) is 71.3 cm³/mol. The standard InChI is InChI=1S/C14H19N3O/c1-10(18)8-17-9-11(7-16-12-4-5-12)13-3-2-6-15-14(13)17/h2-3,6,9-10,12,16,18H,4-5,7-8H2,1H3. The van der Waals surface area contributed by atoms with Gasteiger partial charge in [-0.25, -0.2) is 4.98 Å². The number of hydrogen-bond acceptors (Lipinski definition) is 3. The minimum absolute atomic E-state index is 0.355. The van der Waals surface area contributed by atoms with Gasteiger partial charge < -0.3 is 15.0 Å². The van der Waals surface area contributed by atoms with E-state index >= 15 is 0 Å². The van der Waals surface area contributed by atoms with Crippen LogP contribution >= 0.6 is 0 Å². The largest absolute Gasteiger partial charge is 0.392 e. The third-order valence-electron chi connectivity index (χ3n) is 3.34. The quantitative estimate of drug-likeness (QED) is 0.842. The van der Waals surface area contributed by atoms with Crippen LogP contribution < -0.4 is 5.32 Å². The highest BCUT2D eigenvalue weighted by Gasteiger charge is 2.21. The van der Waals surface area contributed by atoms with Gasteiger partial charge in [-0.3, -0.25) is 0 Å². The maximum Gasteiger partial charge on any atom is 0.140 e. The van der Waals surface area contributed by atoms with E-state index in [1.165, 1.54) is 23.8 Å². The number of aromatic nitrogens is 2. The number of pyridine rings is 1. The third kappa shape index (κ3) is 2.40. The van der Waals surface area contributed by atoms with Gasteiger partial charge in [-0.05, 0) is 37.5 Å². The molecular formula is C14H19N3O. The fourth-order valence-corrected chi connectivity index (χ4v) is 2.30. The number of rotatable bonds is 5. The smallest absolute Gasteiger partial charge is 0.140 e. The Kier molecular flexibility index (Phi) is 3.06. The Balaban J connectivity index is 1.91. The average Bonchev–Trinajstić information content (AvgIpc) is 3.11. The van der Waals surface area contributed by atoms with E-state index in [2.05, 4.69) is 22.6 Å². The summed E-state index contributed by atoms with van der Waals surface area (Å²) in [6, 6.07) is 4.78. The van der Waals surface area contributed by atoms with Crippen LogP contribution in [0.2, 0.25) is 0 Å². The van der Waals surface area contributed by atoms with Crippen LogP contribution in [0.5, 0.6) is 0 Å². The van der Waals surface area contributed by atoms with Crippen molar-refractivity contribution in [2.24, 2.45) is 0 Å². The first-order valence-corrected chi connectivity index (χ1v) is 6.58. The Morgan fingerprint density at radius 1 is 1.56 bits per heavy atom. The molecule has 0 bridgehead atoms. The highest BCUT2D eigenvalue weighted by Crippen LogP contribution is 2.23. The summed E-state index contributed by atoms with van der Waals surface area (Å²) in [5, 5.41) is 14.3. The molecule has 96 valence electrons. The van der Waals surface area contributed by atoms with Crippen LogP contribution in [-0.2, 0) is 13.1 Å². The zero-order valence-corrected chi connectivity index (χ0v) is 10.6. The lowest BCUT2D eigenvalue weighted by Gasteiger charge is -2.06. The Morgan fingerprint density at radius 3 is 3.11 bits per heavy atom. The van der Waals surface area contributed by atoms with Gasteiger partial charge in [0.15, 0.2) is 0 Å². The van der Waals surface area contributed by atoms with E-state index in [-0.39, 0.29) is 6.10 Å². The zero-order valence-electron chi connectivity index (χ0n) is 10.6. The number of aliphatic hydroxyl groups is 1. The predicted octanol–water partition coefficient (Wildman–Crippen LogP) is 1.67. The van der Waals surface area contributed by atoms with Gasteiger partial charge in [0, 0.05) is 36.9 Å². The summed E-state index contributed by atoms with van der Waals surface area (Å²) in [5.74, 6) is 0. The van der Waals surface area contributed by atoms with E-state index in [1.54, 1.807) is 13.1 Å². The number of aliphatic hydroxyl groups excluding tert-OH is 1. The molecule has 0 aliphatic heterocycles. The molecule has 4 nitrogen and oxygen atoms in total. The molecule has 2 N–H and O–H groups in total. The fraction of sp³-hybridized carbons (Fsp3) is 0.500. The van der Waals surface area contributed by atoms with Gasteiger partial charge >= 0.3 is 0 Å². The summed E-state index contributed by atoms with van der Waals surface area (Å²) in [7, 11) is 0. The van der Waals surface area contributed by atoms with Gasteiger partial charge in [-0.15, -0.1) is 0 Å². The van der Waals surface area contributed by atoms with Crippen molar-refractivity contribution >= 4 is 11.0 Å². The normalized spacial score (nSPS) is 17.2. The van der Waals surface area contributed by atoms with Crippen LogP contribution in [0.3, 0.4) is 0 Å². The molecule has 2 aromatic heterocycles. The molecule has 0 aromatic carbocycles. The number of hydrogen-bond donors (Lipinski definition) is 2. The second-order valence-corrected chi connectivity index (χ2v) is 5.19. The van der Waals surface area contributed by atoms with Crippen molar-refractivity contribution in [1.82, 2.24) is 14.9 Å². The molecule has 0 amide bonds. The second kappa shape index (κ2) is 4.71. The molecule has 0 saturated heterocycles. The molecule has 1 atom stereocenters. The lowest BCUT2D eigenvalue weighted by molar-refractivity contribution is 0.175. The topological polar surface area (TPSA) is 50.1 Å². The van der Waals surface area contributed by atoms with Crippen LogP contribution in [0.15, 0.2) is 24.5 Å². The van der Waals surface area contributed by atoms with Crippen LogP contribution in [0, 0.1) is 0 Å². The first-order valence-electron chi connectivity index (χ1n) is 6.58. The van der Waals surface area contributed by atoms with Crippen molar-refractivity contribution < 1.29 is 5.11 Å². The summed E-state index contributed by atoms with van der Waals surface area (Å²) in [4.78, 5) is 4.42. The van der Waals surface area contributed by atoms with Crippen molar-refractivity contribution in [3.8, 4) is 0 Å². The first-order chi connectivity index (χ1) is 8.74. The molecule has 1 fully saturated rings. The van der Waals surface area contributed by atoms with E-state index in [0.717, 1.165) is 12.2 Å². The molecule has 1 aliphatic rings. The van der Waals surface area contributed by atoms with Gasteiger partial charge in [0.05, 0.1) is 6.10 Å². The maximum absolute atomic E-state index is 9.54. The highest BCUT2D eigenvalue weighted by atomic mass is 16.3. The Bertz CT molecular complexity index is 543. The SMILES string of the molecule is CC(O)Cn1cc(CNC2CC2)c2cccnc21. The maximum atomic E-state index is 9.54. The summed E-state index contributed by atoms with van der Waals surface area (Å²) < 4.78 is 2.05. The molecule has 1 aliphatic carbocycles. The lowest BCUT2D eigenvalue weighted by Crippen LogP contribution is -2.15. The van der Waals surface area contributed by atoms with E-state index in [4.69, 9.17) is 0 Å². The first kappa shape index (κ1) is 11.7. The van der Waals surface area contributed by atoms with Gasteiger partial charge in [0.1, 0.15) is 5.65 Å². The Morgan fingerprint density at radius 2 is 2.39 bits per heavy atom. The van der Waals surface area contributed by atoms with Crippen LogP contribution in [-0.4, -0.2) is 26.8 Å². The minimum atomic E-state index is -0.355. The number of nitrogens with one attached hydrogen (secondary N) is 1. The Labute approximate surface area is 107 Å². The van der Waals surface area contributed by atoms with Gasteiger partial charge in [0.2, 0.25) is 0 Å². The molecule has 2 heterocycles. The molecule has 0 radical (unpaired) electrons. The Hall–Kier alpha value is -1.39. The monoisotopic (exact) mass is 245 g/mol. The molecule has 2 aromatic rings. The van der Waals surface area contributed by atoms with Crippen molar-refractivity contribution in [3.05, 3.63) is 30.1 Å². The highest BCUT2D eigenvalue weighted by molar-refractivity contribution is 5.80. The van der Waals surface area contributed by atoms with Crippen molar-refractivity contribution in [1.29, 1.82) is 0 Å². The minimum Gasteiger partial charge on any atom is -0.392 e. The lowest BCUT2D eigenvalue weighted by atomic mass is 10.2. The molecule has 1 unspecified atom stereocenters. The summed E-state index contributed by atoms with van der Waals surface area (Å²) in [6.45, 7) is 3.29. The van der Waals surface area contributed by atoms with Crippen molar-refractivity contribution in [2.75, 3.05) is 0 Å². The molecule has 18 heavy (non-hydrogen) atoms. The van der Waals surface area contributed by atoms with Gasteiger partial charge in [-0.1, -0.05) is 0 Å². The molecule has 4 heteroatoms. The van der Waals surface area contributed by atoms with Crippen LogP contribution in [0.25, 0.3) is 11.0 Å². The average molecular weight is 245 g/mol. The van der Waals surface area contributed by atoms with Gasteiger partial charge in [-0.2, -0.15) is 0 Å². The van der Waals surface area contributed by atoms with Gasteiger partial charge in [0.25, 0.3) is 0 Å². The van der Waals surface area contributed by atoms with E-state index in [1.807, 2.05) is 10.6 Å². The number of fused-ring (bicyclic) bond motifs is 1. The van der Waals surface area contributed by atoms with Crippen molar-refractivity contribution in [2.45, 2.75) is 45.0 Å². The molecule has 1 saturated carbocycles. The second-order valence-electron chi connectivity index (χ2n) is 5.19. The van der Waals surface area contributed by atoms with E-state index in [0.29, 0.717) is 12.6 Å². The number of nitrogens with zero attached hydrogens (tertiary/aromatic N) is 2. The van der Waals surface area contributed by atoms with Crippen LogP contribution in [0.4, 0.5) is 0 Å². The van der Waals surface area contributed by atoms with Crippen LogP contribution in [0.1, 0.15) is 25.3 Å². The zero-order chi connectivity index (χ0) is 12.5. The summed E-state index contributed by atoms with van der Waals surface area (Å²) in [5.41, 5.74) is 2.23. The summed E-state index contributed by atoms with van der Waals surface area (Å²) in [6.07, 6.45) is 6.15. The third-order valence-corrected chi connectivity index (χ3v) is 3.34. The fourth-order valence-electron chi connectivity index (χ4n) is 2.30. The molecular weight excluding hydrogens is 226 g/mol.